The number of hydrogen-bond donors (Lipinski definition) is 1. The van der Waals surface area contributed by atoms with Crippen molar-refractivity contribution >= 4 is 5.91 Å². The van der Waals surface area contributed by atoms with Crippen molar-refractivity contribution in [1.29, 1.82) is 0 Å². The second kappa shape index (κ2) is 7.82. The van der Waals surface area contributed by atoms with Gasteiger partial charge in [0.25, 0.3) is 0 Å². The first-order valence-electron chi connectivity index (χ1n) is 7.04. The lowest BCUT2D eigenvalue weighted by Crippen LogP contribution is -2.45. The van der Waals surface area contributed by atoms with Gasteiger partial charge in [-0.25, -0.2) is 0 Å². The average molecular weight is 272 g/mol. The number of nitrogens with one attached hydrogen (secondary N) is 1. The van der Waals surface area contributed by atoms with Gasteiger partial charge in [-0.2, -0.15) is 0 Å². The number of nitrogens with zero attached hydrogens (tertiary/aromatic N) is 1. The Labute approximate surface area is 116 Å². The SMILES string of the molecule is COCCN(CC1CCCN1)C(=O)CC(C)(C)OC. The molecule has 0 saturated carbocycles. The molecule has 112 valence electrons. The number of carbonyl (C=O) groups is 1. The van der Waals surface area contributed by atoms with Gasteiger partial charge in [-0.3, -0.25) is 4.79 Å². The maximum atomic E-state index is 12.4. The van der Waals surface area contributed by atoms with E-state index in [9.17, 15) is 4.79 Å². The van der Waals surface area contributed by atoms with Crippen LogP contribution in [-0.4, -0.2) is 62.9 Å². The fourth-order valence-corrected chi connectivity index (χ4v) is 2.25. The third-order valence-electron chi connectivity index (χ3n) is 3.65. The van der Waals surface area contributed by atoms with Crippen LogP contribution < -0.4 is 5.32 Å². The Kier molecular flexibility index (Phi) is 6.75. The van der Waals surface area contributed by atoms with Gasteiger partial charge in [-0.05, 0) is 33.2 Å². The van der Waals surface area contributed by atoms with Crippen molar-refractivity contribution in [2.24, 2.45) is 0 Å². The fraction of sp³-hybridized carbons (Fsp3) is 0.929. The molecule has 1 atom stereocenters. The standard InChI is InChI=1S/C14H28N2O3/c1-14(2,19-4)10-13(17)16(8-9-18-3)11-12-6-5-7-15-12/h12,15H,5-11H2,1-4H3. The highest BCUT2D eigenvalue weighted by molar-refractivity contribution is 5.77. The van der Waals surface area contributed by atoms with Crippen LogP contribution in [0.15, 0.2) is 0 Å². The molecule has 1 aliphatic heterocycles. The Bertz CT molecular complexity index is 276. The van der Waals surface area contributed by atoms with Gasteiger partial charge in [0.1, 0.15) is 0 Å². The maximum Gasteiger partial charge on any atom is 0.225 e. The topological polar surface area (TPSA) is 50.8 Å². The monoisotopic (exact) mass is 272 g/mol. The van der Waals surface area contributed by atoms with E-state index >= 15 is 0 Å². The van der Waals surface area contributed by atoms with Crippen molar-refractivity contribution in [3.8, 4) is 0 Å². The highest BCUT2D eigenvalue weighted by atomic mass is 16.5. The minimum absolute atomic E-state index is 0.137. The van der Waals surface area contributed by atoms with Crippen LogP contribution in [-0.2, 0) is 14.3 Å². The van der Waals surface area contributed by atoms with Gasteiger partial charge in [-0.15, -0.1) is 0 Å². The van der Waals surface area contributed by atoms with Gasteiger partial charge in [0.05, 0.1) is 18.6 Å². The zero-order chi connectivity index (χ0) is 14.3. The Hall–Kier alpha value is -0.650. The summed E-state index contributed by atoms with van der Waals surface area (Å²) in [5, 5.41) is 3.43. The Morgan fingerprint density at radius 3 is 2.68 bits per heavy atom. The molecule has 1 unspecified atom stereocenters. The quantitative estimate of drug-likeness (QED) is 0.717. The van der Waals surface area contributed by atoms with Crippen LogP contribution in [0.25, 0.3) is 0 Å². The Morgan fingerprint density at radius 2 is 2.16 bits per heavy atom. The van der Waals surface area contributed by atoms with Crippen molar-refractivity contribution < 1.29 is 14.3 Å². The van der Waals surface area contributed by atoms with E-state index in [2.05, 4.69) is 5.32 Å². The van der Waals surface area contributed by atoms with Gasteiger partial charge in [0.15, 0.2) is 0 Å². The summed E-state index contributed by atoms with van der Waals surface area (Å²) in [6, 6.07) is 0.423. The fourth-order valence-electron chi connectivity index (χ4n) is 2.25. The van der Waals surface area contributed by atoms with Crippen LogP contribution in [0.5, 0.6) is 0 Å². The van der Waals surface area contributed by atoms with E-state index in [-0.39, 0.29) is 5.91 Å². The molecule has 0 bridgehead atoms. The van der Waals surface area contributed by atoms with Crippen molar-refractivity contribution in [1.82, 2.24) is 10.2 Å². The summed E-state index contributed by atoms with van der Waals surface area (Å²) in [5.74, 6) is 0.137. The predicted octanol–water partition coefficient (Wildman–Crippen LogP) is 1.03. The van der Waals surface area contributed by atoms with Gasteiger partial charge in [0, 0.05) is 33.4 Å². The lowest BCUT2D eigenvalue weighted by Gasteiger charge is -2.30. The highest BCUT2D eigenvalue weighted by Gasteiger charge is 2.27. The number of hydrogen-bond acceptors (Lipinski definition) is 4. The minimum Gasteiger partial charge on any atom is -0.383 e. The predicted molar refractivity (Wildman–Crippen MR) is 75.2 cm³/mol. The summed E-state index contributed by atoms with van der Waals surface area (Å²) >= 11 is 0. The number of carbonyl (C=O) groups excluding carboxylic acids is 1. The molecule has 5 nitrogen and oxygen atoms in total. The molecule has 19 heavy (non-hydrogen) atoms. The normalized spacial score (nSPS) is 19.7. The molecule has 0 aromatic rings. The van der Waals surface area contributed by atoms with Crippen molar-refractivity contribution in [2.45, 2.75) is 44.8 Å². The summed E-state index contributed by atoms with van der Waals surface area (Å²) in [6.07, 6.45) is 2.74. The number of ether oxygens (including phenoxy) is 2. The number of methoxy groups -OCH3 is 2. The third kappa shape index (κ3) is 5.89. The first kappa shape index (κ1) is 16.4. The summed E-state index contributed by atoms with van der Waals surface area (Å²) in [6.45, 7) is 6.92. The van der Waals surface area contributed by atoms with E-state index in [0.29, 0.717) is 25.6 Å². The van der Waals surface area contributed by atoms with E-state index < -0.39 is 5.60 Å². The zero-order valence-electron chi connectivity index (χ0n) is 12.7. The maximum absolute atomic E-state index is 12.4. The molecule has 0 spiro atoms. The largest absolute Gasteiger partial charge is 0.383 e. The van der Waals surface area contributed by atoms with Crippen LogP contribution in [0.1, 0.15) is 33.1 Å². The van der Waals surface area contributed by atoms with Crippen LogP contribution >= 0.6 is 0 Å². The van der Waals surface area contributed by atoms with Crippen molar-refractivity contribution in [3.63, 3.8) is 0 Å². The lowest BCUT2D eigenvalue weighted by molar-refractivity contribution is -0.137. The smallest absolute Gasteiger partial charge is 0.225 e. The van der Waals surface area contributed by atoms with Crippen molar-refractivity contribution in [3.05, 3.63) is 0 Å². The third-order valence-corrected chi connectivity index (χ3v) is 3.65. The number of amides is 1. The second-order valence-corrected chi connectivity index (χ2v) is 5.77. The summed E-state index contributed by atoms with van der Waals surface area (Å²) in [7, 11) is 3.31. The lowest BCUT2D eigenvalue weighted by atomic mass is 10.0. The molecule has 0 aromatic heterocycles. The molecule has 0 aromatic carbocycles. The van der Waals surface area contributed by atoms with E-state index in [0.717, 1.165) is 19.5 Å². The molecular formula is C14H28N2O3. The molecule has 1 fully saturated rings. The van der Waals surface area contributed by atoms with Gasteiger partial charge in [0.2, 0.25) is 5.91 Å². The molecule has 1 saturated heterocycles. The molecule has 0 radical (unpaired) electrons. The first-order valence-corrected chi connectivity index (χ1v) is 7.04. The molecule has 0 aliphatic carbocycles. The van der Waals surface area contributed by atoms with Crippen molar-refractivity contribution in [2.75, 3.05) is 40.5 Å². The highest BCUT2D eigenvalue weighted by Crippen LogP contribution is 2.16. The van der Waals surface area contributed by atoms with Crippen LogP contribution in [0.3, 0.4) is 0 Å². The van der Waals surface area contributed by atoms with Crippen LogP contribution in [0, 0.1) is 0 Å². The van der Waals surface area contributed by atoms with Gasteiger partial charge in [-0.1, -0.05) is 0 Å². The van der Waals surface area contributed by atoms with Gasteiger partial charge < -0.3 is 19.7 Å². The van der Waals surface area contributed by atoms with Crippen LogP contribution in [0.4, 0.5) is 0 Å². The Morgan fingerprint density at radius 1 is 1.42 bits per heavy atom. The molecule has 1 aliphatic rings. The molecule has 1 rings (SSSR count). The van der Waals surface area contributed by atoms with E-state index in [1.165, 1.54) is 6.42 Å². The number of rotatable bonds is 8. The summed E-state index contributed by atoms with van der Waals surface area (Å²) < 4.78 is 10.4. The first-order chi connectivity index (χ1) is 8.98. The van der Waals surface area contributed by atoms with Crippen LogP contribution in [0.2, 0.25) is 0 Å². The molecule has 1 amide bonds. The molecule has 1 heterocycles. The van der Waals surface area contributed by atoms with E-state index in [1.807, 2.05) is 18.7 Å². The van der Waals surface area contributed by atoms with Gasteiger partial charge >= 0.3 is 0 Å². The molecule has 5 heteroatoms. The second-order valence-electron chi connectivity index (χ2n) is 5.77. The average Bonchev–Trinajstić information content (AvgIpc) is 2.86. The van der Waals surface area contributed by atoms with E-state index in [1.54, 1.807) is 14.2 Å². The summed E-state index contributed by atoms with van der Waals surface area (Å²) in [5.41, 5.74) is -0.411. The zero-order valence-corrected chi connectivity index (χ0v) is 12.7. The Balaban J connectivity index is 2.53. The summed E-state index contributed by atoms with van der Waals surface area (Å²) in [4.78, 5) is 14.3. The molecular weight excluding hydrogens is 244 g/mol. The van der Waals surface area contributed by atoms with E-state index in [4.69, 9.17) is 9.47 Å². The molecule has 1 N–H and O–H groups in total. The minimum atomic E-state index is -0.411.